The highest BCUT2D eigenvalue weighted by molar-refractivity contribution is 4.99. The Morgan fingerprint density at radius 2 is 2.00 bits per heavy atom. The van der Waals surface area contributed by atoms with Gasteiger partial charge in [0.15, 0.2) is 5.72 Å². The second kappa shape index (κ2) is 3.84. The van der Waals surface area contributed by atoms with Crippen LogP contribution in [0, 0.1) is 0 Å². The van der Waals surface area contributed by atoms with E-state index in [1.807, 2.05) is 0 Å². The molecule has 0 spiro atoms. The zero-order chi connectivity index (χ0) is 10.1. The van der Waals surface area contributed by atoms with E-state index < -0.39 is 37.3 Å². The molecule has 1 aliphatic heterocycles. The number of hydrogen-bond donors (Lipinski definition) is 6. The number of ether oxygens (including phenoxy) is 1. The summed E-state index contributed by atoms with van der Waals surface area (Å²) in [7, 11) is 0. The van der Waals surface area contributed by atoms with Crippen LogP contribution >= 0.6 is 0 Å². The molecule has 0 aromatic carbocycles. The molecule has 0 bridgehead atoms. The number of aliphatic hydroxyl groups excluding tert-OH is 4. The van der Waals surface area contributed by atoms with E-state index in [4.69, 9.17) is 20.8 Å². The average Bonchev–Trinajstić information content (AvgIpc) is 2.42. The summed E-state index contributed by atoms with van der Waals surface area (Å²) in [6.07, 6.45) is -3.59. The van der Waals surface area contributed by atoms with E-state index in [1.165, 1.54) is 0 Å². The minimum absolute atomic E-state index is 0.457. The van der Waals surface area contributed by atoms with Crippen molar-refractivity contribution in [2.75, 3.05) is 13.2 Å². The van der Waals surface area contributed by atoms with Crippen LogP contribution in [0.1, 0.15) is 0 Å². The van der Waals surface area contributed by atoms with Gasteiger partial charge >= 0.3 is 0 Å². The van der Waals surface area contributed by atoms with E-state index in [9.17, 15) is 10.2 Å². The molecule has 0 saturated carbocycles. The molecule has 0 aromatic heterocycles. The van der Waals surface area contributed by atoms with Gasteiger partial charge in [0.1, 0.15) is 18.3 Å². The molecule has 1 rings (SSSR count). The van der Waals surface area contributed by atoms with Crippen LogP contribution in [0.2, 0.25) is 0 Å². The molecular formula is C6H14N2O5. The highest BCUT2D eigenvalue weighted by Gasteiger charge is 2.53. The summed E-state index contributed by atoms with van der Waals surface area (Å²) in [5.74, 6) is 5.06. The standard InChI is InChI=1S/C6H14N2O5/c7-8-6(2-10)5(12)4(11)3(1-9)13-6/h3-5,8-12H,1-2,7H2/t3-,4-,5-,6?/m1/s1. The van der Waals surface area contributed by atoms with E-state index in [0.29, 0.717) is 0 Å². The largest absolute Gasteiger partial charge is 0.394 e. The summed E-state index contributed by atoms with van der Waals surface area (Å²) >= 11 is 0. The van der Waals surface area contributed by atoms with Crippen molar-refractivity contribution >= 4 is 0 Å². The van der Waals surface area contributed by atoms with E-state index in [1.54, 1.807) is 0 Å². The highest BCUT2D eigenvalue weighted by Crippen LogP contribution is 2.27. The van der Waals surface area contributed by atoms with Gasteiger partial charge in [-0.25, -0.2) is 5.43 Å². The van der Waals surface area contributed by atoms with Crippen molar-refractivity contribution in [3.05, 3.63) is 0 Å². The zero-order valence-electron chi connectivity index (χ0n) is 6.92. The van der Waals surface area contributed by atoms with E-state index in [2.05, 4.69) is 5.43 Å². The van der Waals surface area contributed by atoms with E-state index in [0.717, 1.165) is 0 Å². The predicted octanol–water partition coefficient (Wildman–Crippen LogP) is -3.75. The van der Waals surface area contributed by atoms with Crippen LogP contribution in [0.3, 0.4) is 0 Å². The fourth-order valence-corrected chi connectivity index (χ4v) is 1.33. The molecule has 13 heavy (non-hydrogen) atoms. The second-order valence-electron chi connectivity index (χ2n) is 2.97. The van der Waals surface area contributed by atoms with Crippen LogP contribution in [0.5, 0.6) is 0 Å². The van der Waals surface area contributed by atoms with Gasteiger partial charge in [-0.3, -0.25) is 5.84 Å². The Hall–Kier alpha value is -0.280. The Kier molecular flexibility index (Phi) is 3.19. The summed E-state index contributed by atoms with van der Waals surface area (Å²) in [4.78, 5) is 0. The number of hydrazine groups is 1. The third-order valence-electron chi connectivity index (χ3n) is 2.20. The Bertz CT molecular complexity index is 174. The van der Waals surface area contributed by atoms with Crippen molar-refractivity contribution in [3.8, 4) is 0 Å². The van der Waals surface area contributed by atoms with Crippen molar-refractivity contribution in [2.45, 2.75) is 24.0 Å². The van der Waals surface area contributed by atoms with Gasteiger partial charge in [-0.2, -0.15) is 0 Å². The van der Waals surface area contributed by atoms with Crippen molar-refractivity contribution < 1.29 is 25.2 Å². The Morgan fingerprint density at radius 3 is 2.23 bits per heavy atom. The molecule has 1 aliphatic rings. The Labute approximate surface area is 74.7 Å². The van der Waals surface area contributed by atoms with Crippen LogP contribution in [-0.4, -0.2) is 57.7 Å². The first-order valence-corrected chi connectivity index (χ1v) is 3.84. The zero-order valence-corrected chi connectivity index (χ0v) is 6.92. The number of hydrogen-bond acceptors (Lipinski definition) is 7. The van der Waals surface area contributed by atoms with Gasteiger partial charge in [0.25, 0.3) is 0 Å². The number of nitrogens with one attached hydrogen (secondary N) is 1. The molecule has 1 saturated heterocycles. The molecule has 1 heterocycles. The van der Waals surface area contributed by atoms with Crippen LogP contribution in [0.4, 0.5) is 0 Å². The lowest BCUT2D eigenvalue weighted by molar-refractivity contribution is -0.138. The maximum absolute atomic E-state index is 9.42. The molecule has 1 fully saturated rings. The summed E-state index contributed by atoms with van der Waals surface area (Å²) in [6.45, 7) is -1.06. The molecule has 7 N–H and O–H groups in total. The Balaban J connectivity index is 2.79. The lowest BCUT2D eigenvalue weighted by atomic mass is 10.0. The molecule has 4 atom stereocenters. The quantitative estimate of drug-likeness (QED) is 0.201. The fraction of sp³-hybridized carbons (Fsp3) is 1.00. The third kappa shape index (κ3) is 1.55. The van der Waals surface area contributed by atoms with Crippen molar-refractivity contribution in [1.29, 1.82) is 0 Å². The Morgan fingerprint density at radius 1 is 1.38 bits per heavy atom. The lowest BCUT2D eigenvalue weighted by Crippen LogP contribution is -2.60. The molecular weight excluding hydrogens is 180 g/mol. The molecule has 1 unspecified atom stereocenters. The van der Waals surface area contributed by atoms with Crippen molar-refractivity contribution in [3.63, 3.8) is 0 Å². The summed E-state index contributed by atoms with van der Waals surface area (Å²) in [6, 6.07) is 0. The topological polar surface area (TPSA) is 128 Å². The van der Waals surface area contributed by atoms with Crippen LogP contribution in [0.25, 0.3) is 0 Å². The number of aliphatic hydroxyl groups is 4. The lowest BCUT2D eigenvalue weighted by Gasteiger charge is -2.28. The van der Waals surface area contributed by atoms with Crippen LogP contribution in [0.15, 0.2) is 0 Å². The monoisotopic (exact) mass is 194 g/mol. The molecule has 0 radical (unpaired) electrons. The van der Waals surface area contributed by atoms with E-state index in [-0.39, 0.29) is 0 Å². The van der Waals surface area contributed by atoms with Gasteiger partial charge < -0.3 is 25.2 Å². The molecule has 7 nitrogen and oxygen atoms in total. The minimum Gasteiger partial charge on any atom is -0.394 e. The first-order chi connectivity index (χ1) is 6.11. The summed E-state index contributed by atoms with van der Waals surface area (Å²) in [5.41, 5.74) is 0.488. The van der Waals surface area contributed by atoms with Crippen molar-refractivity contribution in [2.24, 2.45) is 5.84 Å². The average molecular weight is 194 g/mol. The maximum Gasteiger partial charge on any atom is 0.183 e. The first-order valence-electron chi connectivity index (χ1n) is 3.84. The van der Waals surface area contributed by atoms with Gasteiger partial charge in [-0.05, 0) is 0 Å². The number of nitrogens with two attached hydrogens (primary N) is 1. The summed E-state index contributed by atoms with van der Waals surface area (Å²) in [5, 5.41) is 36.4. The first kappa shape index (κ1) is 10.8. The molecule has 0 amide bonds. The SMILES string of the molecule is NNC1(CO)O[C@H](CO)[C@@H](O)[C@H]1O. The van der Waals surface area contributed by atoms with Crippen LogP contribution < -0.4 is 11.3 Å². The van der Waals surface area contributed by atoms with Gasteiger partial charge in [0, 0.05) is 0 Å². The fourth-order valence-electron chi connectivity index (χ4n) is 1.33. The maximum atomic E-state index is 9.42. The molecule has 0 aliphatic carbocycles. The highest BCUT2D eigenvalue weighted by atomic mass is 16.6. The van der Waals surface area contributed by atoms with Gasteiger partial charge in [-0.15, -0.1) is 0 Å². The van der Waals surface area contributed by atoms with Gasteiger partial charge in [0.05, 0.1) is 13.2 Å². The van der Waals surface area contributed by atoms with Gasteiger partial charge in [0.2, 0.25) is 0 Å². The smallest absolute Gasteiger partial charge is 0.183 e. The number of rotatable bonds is 3. The molecule has 78 valence electrons. The van der Waals surface area contributed by atoms with Gasteiger partial charge in [-0.1, -0.05) is 0 Å². The van der Waals surface area contributed by atoms with E-state index >= 15 is 0 Å². The minimum atomic E-state index is -1.59. The molecule has 0 aromatic rings. The second-order valence-corrected chi connectivity index (χ2v) is 2.97. The summed E-state index contributed by atoms with van der Waals surface area (Å²) < 4.78 is 4.98. The third-order valence-corrected chi connectivity index (χ3v) is 2.20. The molecule has 7 heteroatoms. The predicted molar refractivity (Wildman–Crippen MR) is 41.1 cm³/mol. The van der Waals surface area contributed by atoms with Crippen LogP contribution in [-0.2, 0) is 4.74 Å². The van der Waals surface area contributed by atoms with Crippen molar-refractivity contribution in [1.82, 2.24) is 5.43 Å². The normalized spacial score (nSPS) is 45.5.